The van der Waals surface area contributed by atoms with Gasteiger partial charge in [-0.3, -0.25) is 9.59 Å². The standard InChI is InChI=1S/C22H41NO4/c1-4-5-6-7-8-9-10-11-12-13-14-15-16-17-18-19-22(26)27-23(20(2)24)21(3)25/h4-19H2,1-3H3. The molecule has 0 aromatic heterocycles. The number of nitrogens with zero attached hydrogens (tertiary/aromatic N) is 1. The predicted octanol–water partition coefficient (Wildman–Crippen LogP) is 6.10. The Morgan fingerprint density at radius 2 is 0.926 bits per heavy atom. The van der Waals surface area contributed by atoms with E-state index in [2.05, 4.69) is 6.92 Å². The van der Waals surface area contributed by atoms with Gasteiger partial charge in [0.15, 0.2) is 0 Å². The van der Waals surface area contributed by atoms with Crippen molar-refractivity contribution in [1.82, 2.24) is 5.06 Å². The summed E-state index contributed by atoms with van der Waals surface area (Å²) in [6, 6.07) is 0. The lowest BCUT2D eigenvalue weighted by molar-refractivity contribution is -0.200. The molecule has 0 heterocycles. The minimum Gasteiger partial charge on any atom is -0.330 e. The number of unbranched alkanes of at least 4 members (excludes halogenated alkanes) is 14. The Morgan fingerprint density at radius 3 is 1.26 bits per heavy atom. The van der Waals surface area contributed by atoms with E-state index >= 15 is 0 Å². The highest BCUT2D eigenvalue weighted by atomic mass is 16.7. The molecule has 0 saturated heterocycles. The third kappa shape index (κ3) is 16.5. The van der Waals surface area contributed by atoms with Crippen LogP contribution in [-0.2, 0) is 19.2 Å². The molecule has 0 N–H and O–H groups in total. The second-order valence-corrected chi connectivity index (χ2v) is 7.50. The van der Waals surface area contributed by atoms with Crippen molar-refractivity contribution in [2.75, 3.05) is 0 Å². The molecule has 0 aliphatic rings. The van der Waals surface area contributed by atoms with E-state index in [1.807, 2.05) is 0 Å². The zero-order chi connectivity index (χ0) is 20.3. The summed E-state index contributed by atoms with van der Waals surface area (Å²) < 4.78 is 0. The van der Waals surface area contributed by atoms with Crippen LogP contribution < -0.4 is 0 Å². The number of hydrogen-bond acceptors (Lipinski definition) is 4. The zero-order valence-electron chi connectivity index (χ0n) is 17.9. The lowest BCUT2D eigenvalue weighted by Crippen LogP contribution is -2.35. The van der Waals surface area contributed by atoms with E-state index in [0.29, 0.717) is 5.06 Å². The Morgan fingerprint density at radius 1 is 0.593 bits per heavy atom. The van der Waals surface area contributed by atoms with Crippen LogP contribution in [0.4, 0.5) is 0 Å². The fraction of sp³-hybridized carbons (Fsp3) is 0.864. The van der Waals surface area contributed by atoms with E-state index in [0.717, 1.165) is 19.3 Å². The molecule has 0 unspecified atom stereocenters. The molecule has 27 heavy (non-hydrogen) atoms. The van der Waals surface area contributed by atoms with Crippen molar-refractivity contribution in [2.45, 2.75) is 124 Å². The number of imide groups is 1. The molecule has 5 nitrogen and oxygen atoms in total. The number of hydrogen-bond donors (Lipinski definition) is 0. The van der Waals surface area contributed by atoms with Crippen LogP contribution in [0.5, 0.6) is 0 Å². The van der Waals surface area contributed by atoms with Crippen molar-refractivity contribution < 1.29 is 19.2 Å². The molecule has 0 aromatic rings. The van der Waals surface area contributed by atoms with Crippen LogP contribution in [0.3, 0.4) is 0 Å². The van der Waals surface area contributed by atoms with Crippen LogP contribution in [0.2, 0.25) is 0 Å². The van der Waals surface area contributed by atoms with E-state index in [4.69, 9.17) is 4.84 Å². The summed E-state index contributed by atoms with van der Waals surface area (Å²) in [6.45, 7) is 4.65. The Hall–Kier alpha value is -1.39. The summed E-state index contributed by atoms with van der Waals surface area (Å²) in [5.74, 6) is -1.67. The van der Waals surface area contributed by atoms with Gasteiger partial charge in [-0.15, -0.1) is 5.06 Å². The average molecular weight is 384 g/mol. The summed E-state index contributed by atoms with van der Waals surface area (Å²) in [6.07, 6.45) is 19.3. The van der Waals surface area contributed by atoms with Crippen LogP contribution >= 0.6 is 0 Å². The van der Waals surface area contributed by atoms with E-state index in [-0.39, 0.29) is 6.42 Å². The Balaban J connectivity index is 3.36. The molecule has 5 heteroatoms. The van der Waals surface area contributed by atoms with Gasteiger partial charge < -0.3 is 4.84 Å². The quantitative estimate of drug-likeness (QED) is 0.238. The van der Waals surface area contributed by atoms with E-state index in [1.165, 1.54) is 90.9 Å². The van der Waals surface area contributed by atoms with Gasteiger partial charge in [0.2, 0.25) is 0 Å². The fourth-order valence-electron chi connectivity index (χ4n) is 3.14. The molecule has 0 saturated carbocycles. The van der Waals surface area contributed by atoms with Gasteiger partial charge in [0, 0.05) is 20.3 Å². The number of carbonyl (C=O) groups excluding carboxylic acids is 3. The van der Waals surface area contributed by atoms with Crippen LogP contribution in [0.1, 0.15) is 124 Å². The van der Waals surface area contributed by atoms with Crippen LogP contribution in [0.25, 0.3) is 0 Å². The third-order valence-corrected chi connectivity index (χ3v) is 4.75. The first-order valence-electron chi connectivity index (χ1n) is 11.0. The summed E-state index contributed by atoms with van der Waals surface area (Å²) in [5.41, 5.74) is 0. The van der Waals surface area contributed by atoms with Crippen molar-refractivity contribution in [3.05, 3.63) is 0 Å². The van der Waals surface area contributed by atoms with Gasteiger partial charge in [0.25, 0.3) is 11.8 Å². The molecule has 0 bridgehead atoms. The van der Waals surface area contributed by atoms with Gasteiger partial charge in [-0.1, -0.05) is 96.8 Å². The second-order valence-electron chi connectivity index (χ2n) is 7.50. The first kappa shape index (κ1) is 25.6. The lowest BCUT2D eigenvalue weighted by atomic mass is 10.0. The average Bonchev–Trinajstić information content (AvgIpc) is 2.62. The molecule has 0 spiro atoms. The number of rotatable bonds is 16. The van der Waals surface area contributed by atoms with Gasteiger partial charge in [0.05, 0.1) is 0 Å². The maximum absolute atomic E-state index is 11.6. The molecular weight excluding hydrogens is 342 g/mol. The normalized spacial score (nSPS) is 10.6. The summed E-state index contributed by atoms with van der Waals surface area (Å²) >= 11 is 0. The number of carbonyl (C=O) groups is 3. The van der Waals surface area contributed by atoms with Crippen molar-refractivity contribution in [3.63, 3.8) is 0 Å². The Labute approximate surface area is 166 Å². The van der Waals surface area contributed by atoms with E-state index in [1.54, 1.807) is 0 Å². The zero-order valence-corrected chi connectivity index (χ0v) is 17.9. The third-order valence-electron chi connectivity index (χ3n) is 4.75. The molecular formula is C22H41NO4. The van der Waals surface area contributed by atoms with Crippen molar-refractivity contribution in [3.8, 4) is 0 Å². The van der Waals surface area contributed by atoms with Crippen LogP contribution in [-0.4, -0.2) is 22.8 Å². The number of amides is 2. The smallest absolute Gasteiger partial charge is 0.330 e. The predicted molar refractivity (Wildman–Crippen MR) is 109 cm³/mol. The molecule has 0 aliphatic heterocycles. The summed E-state index contributed by atoms with van der Waals surface area (Å²) in [5, 5.41) is 0.521. The highest BCUT2D eigenvalue weighted by Crippen LogP contribution is 2.14. The van der Waals surface area contributed by atoms with Gasteiger partial charge in [-0.05, 0) is 6.42 Å². The van der Waals surface area contributed by atoms with Gasteiger partial charge in [0.1, 0.15) is 0 Å². The number of hydroxylamine groups is 2. The Kier molecular flexibility index (Phi) is 17.1. The van der Waals surface area contributed by atoms with Gasteiger partial charge in [-0.25, -0.2) is 4.79 Å². The van der Waals surface area contributed by atoms with E-state index in [9.17, 15) is 14.4 Å². The van der Waals surface area contributed by atoms with Crippen LogP contribution in [0.15, 0.2) is 0 Å². The van der Waals surface area contributed by atoms with Crippen molar-refractivity contribution in [2.24, 2.45) is 0 Å². The van der Waals surface area contributed by atoms with Crippen LogP contribution in [0, 0.1) is 0 Å². The largest absolute Gasteiger partial charge is 0.333 e. The molecule has 2 amide bonds. The first-order valence-corrected chi connectivity index (χ1v) is 11.0. The van der Waals surface area contributed by atoms with Crippen molar-refractivity contribution >= 4 is 17.8 Å². The van der Waals surface area contributed by atoms with E-state index < -0.39 is 17.8 Å². The fourth-order valence-corrected chi connectivity index (χ4v) is 3.14. The second kappa shape index (κ2) is 18.0. The summed E-state index contributed by atoms with van der Waals surface area (Å²) in [7, 11) is 0. The Bertz CT molecular complexity index is 395. The molecule has 0 aliphatic carbocycles. The summed E-state index contributed by atoms with van der Waals surface area (Å²) in [4.78, 5) is 38.7. The van der Waals surface area contributed by atoms with Gasteiger partial charge >= 0.3 is 5.97 Å². The molecule has 0 aromatic carbocycles. The molecule has 0 fully saturated rings. The maximum atomic E-state index is 11.6. The highest BCUT2D eigenvalue weighted by Gasteiger charge is 2.18. The molecule has 0 radical (unpaired) electrons. The molecule has 0 rings (SSSR count). The topological polar surface area (TPSA) is 63.7 Å². The molecule has 0 atom stereocenters. The monoisotopic (exact) mass is 383 g/mol. The van der Waals surface area contributed by atoms with Crippen molar-refractivity contribution in [1.29, 1.82) is 0 Å². The highest BCUT2D eigenvalue weighted by molar-refractivity contribution is 5.92. The minimum absolute atomic E-state index is 0.245. The SMILES string of the molecule is CCCCCCCCCCCCCCCCCC(=O)ON(C(C)=O)C(C)=O. The molecule has 158 valence electrons. The minimum atomic E-state index is -0.577. The van der Waals surface area contributed by atoms with Gasteiger partial charge in [-0.2, -0.15) is 0 Å². The lowest BCUT2D eigenvalue weighted by Gasteiger charge is -2.15. The maximum Gasteiger partial charge on any atom is 0.333 e. The first-order chi connectivity index (χ1) is 13.0.